The highest BCUT2D eigenvalue weighted by molar-refractivity contribution is 5.19. The molecular formula is C24H39NO4. The van der Waals surface area contributed by atoms with E-state index in [9.17, 15) is 15.3 Å². The molecule has 5 heteroatoms. The molecule has 0 amide bonds. The Hall–Kier alpha value is -0.980. The molecule has 0 spiro atoms. The molecule has 1 aromatic carbocycles. The second-order valence-electron chi connectivity index (χ2n) is 8.90. The molecule has 1 saturated heterocycles. The first-order chi connectivity index (χ1) is 14.2. The molecule has 0 aromatic heterocycles. The smallest absolute Gasteiger partial charge is 0.0976 e. The summed E-state index contributed by atoms with van der Waals surface area (Å²) in [7, 11) is 0. The van der Waals surface area contributed by atoms with Crippen molar-refractivity contribution in [3.63, 3.8) is 0 Å². The Kier molecular flexibility index (Phi) is 9.40. The Labute approximate surface area is 175 Å². The predicted molar refractivity (Wildman–Crippen MR) is 115 cm³/mol. The normalized spacial score (nSPS) is 31.1. The molecule has 3 rings (SSSR count). The van der Waals surface area contributed by atoms with Crippen LogP contribution < -0.4 is 0 Å². The molecule has 0 bridgehead atoms. The van der Waals surface area contributed by atoms with Crippen molar-refractivity contribution in [3.8, 4) is 0 Å². The van der Waals surface area contributed by atoms with Gasteiger partial charge in [0, 0.05) is 19.8 Å². The molecule has 0 radical (unpaired) electrons. The van der Waals surface area contributed by atoms with Crippen molar-refractivity contribution in [3.05, 3.63) is 35.9 Å². The van der Waals surface area contributed by atoms with Crippen LogP contribution in [0.3, 0.4) is 0 Å². The lowest BCUT2D eigenvalue weighted by Gasteiger charge is -2.40. The summed E-state index contributed by atoms with van der Waals surface area (Å²) in [5.74, 6) is 1.44. The van der Waals surface area contributed by atoms with E-state index in [4.69, 9.17) is 4.74 Å². The summed E-state index contributed by atoms with van der Waals surface area (Å²) in [6, 6.07) is 10.6. The van der Waals surface area contributed by atoms with Gasteiger partial charge in [0.25, 0.3) is 0 Å². The quantitative estimate of drug-likeness (QED) is 0.522. The highest BCUT2D eigenvalue weighted by Gasteiger charge is 2.35. The maximum Gasteiger partial charge on any atom is 0.0976 e. The molecule has 164 valence electrons. The number of piperidine rings is 1. The van der Waals surface area contributed by atoms with Crippen LogP contribution in [0, 0.1) is 5.92 Å². The average molecular weight is 406 g/mol. The topological polar surface area (TPSA) is 73.2 Å². The van der Waals surface area contributed by atoms with Crippen molar-refractivity contribution >= 4 is 0 Å². The lowest BCUT2D eigenvalue weighted by molar-refractivity contribution is -0.0897. The number of hydrogen-bond donors (Lipinski definition) is 3. The van der Waals surface area contributed by atoms with E-state index in [1.165, 1.54) is 31.2 Å². The summed E-state index contributed by atoms with van der Waals surface area (Å²) in [5.41, 5.74) is 1.49. The standard InChI is InChI=1S/C24H39NO4/c26-17-22-24(28)23(27)13-15-25(22)14-5-2-6-16-29-18-19-9-11-21(12-10-19)20-7-3-1-4-8-20/h1,3-4,7-8,19,21-24,26-28H,2,5-6,9-18H2/t19?,21?,22-,23+,24+/m0/s1. The fourth-order valence-electron chi connectivity index (χ4n) is 4.94. The Morgan fingerprint density at radius 2 is 1.69 bits per heavy atom. The van der Waals surface area contributed by atoms with Gasteiger partial charge < -0.3 is 20.1 Å². The van der Waals surface area contributed by atoms with E-state index < -0.39 is 12.2 Å². The molecule has 1 aliphatic heterocycles. The molecule has 0 unspecified atom stereocenters. The van der Waals surface area contributed by atoms with Crippen LogP contribution in [0.2, 0.25) is 0 Å². The van der Waals surface area contributed by atoms with Gasteiger partial charge >= 0.3 is 0 Å². The van der Waals surface area contributed by atoms with E-state index >= 15 is 0 Å². The van der Waals surface area contributed by atoms with Crippen molar-refractivity contribution in [2.24, 2.45) is 5.92 Å². The van der Waals surface area contributed by atoms with Gasteiger partial charge in [-0.25, -0.2) is 0 Å². The van der Waals surface area contributed by atoms with Crippen LogP contribution in [-0.4, -0.2) is 71.4 Å². The Balaban J connectivity index is 1.21. The SMILES string of the molecule is OC[C@H]1[C@@H](O)[C@H](O)CCN1CCCCCOCC1CCC(c2ccccc2)CC1. The molecule has 1 heterocycles. The van der Waals surface area contributed by atoms with Crippen molar-refractivity contribution in [2.75, 3.05) is 32.9 Å². The fraction of sp³-hybridized carbons (Fsp3) is 0.750. The van der Waals surface area contributed by atoms with Gasteiger partial charge in [-0.2, -0.15) is 0 Å². The van der Waals surface area contributed by atoms with Crippen molar-refractivity contribution in [1.82, 2.24) is 4.90 Å². The molecule has 5 nitrogen and oxygen atoms in total. The van der Waals surface area contributed by atoms with Crippen LogP contribution in [0.15, 0.2) is 30.3 Å². The number of aliphatic hydroxyl groups is 3. The number of benzene rings is 1. The molecular weight excluding hydrogens is 366 g/mol. The van der Waals surface area contributed by atoms with Gasteiger partial charge in [-0.05, 0) is 75.3 Å². The van der Waals surface area contributed by atoms with Gasteiger partial charge in [-0.1, -0.05) is 30.3 Å². The summed E-state index contributed by atoms with van der Waals surface area (Å²) in [6.45, 7) is 3.21. The van der Waals surface area contributed by atoms with Crippen LogP contribution in [0.5, 0.6) is 0 Å². The maximum absolute atomic E-state index is 10.0. The van der Waals surface area contributed by atoms with Crippen molar-refractivity contribution in [1.29, 1.82) is 0 Å². The molecule has 3 atom stereocenters. The molecule has 2 fully saturated rings. The maximum atomic E-state index is 10.0. The monoisotopic (exact) mass is 405 g/mol. The van der Waals surface area contributed by atoms with Gasteiger partial charge in [0.2, 0.25) is 0 Å². The molecule has 29 heavy (non-hydrogen) atoms. The van der Waals surface area contributed by atoms with Crippen LogP contribution in [0.1, 0.15) is 62.8 Å². The highest BCUT2D eigenvalue weighted by atomic mass is 16.5. The largest absolute Gasteiger partial charge is 0.395 e. The minimum atomic E-state index is -0.839. The minimum absolute atomic E-state index is 0.103. The van der Waals surface area contributed by atoms with E-state index in [0.29, 0.717) is 12.3 Å². The van der Waals surface area contributed by atoms with Crippen LogP contribution in [0.4, 0.5) is 0 Å². The van der Waals surface area contributed by atoms with Gasteiger partial charge in [0.1, 0.15) is 0 Å². The molecule has 2 aliphatic rings. The third-order valence-electron chi connectivity index (χ3n) is 6.86. The van der Waals surface area contributed by atoms with Crippen LogP contribution in [-0.2, 0) is 4.74 Å². The third-order valence-corrected chi connectivity index (χ3v) is 6.86. The summed E-state index contributed by atoms with van der Waals surface area (Å²) in [5, 5.41) is 29.2. The number of ether oxygens (including phenoxy) is 1. The molecule has 1 aromatic rings. The lowest BCUT2D eigenvalue weighted by atomic mass is 9.79. The van der Waals surface area contributed by atoms with E-state index in [2.05, 4.69) is 35.2 Å². The summed E-state index contributed by atoms with van der Waals surface area (Å²) in [4.78, 5) is 2.11. The Bertz CT molecular complexity index is 561. The fourth-order valence-corrected chi connectivity index (χ4v) is 4.94. The minimum Gasteiger partial charge on any atom is -0.395 e. The van der Waals surface area contributed by atoms with Gasteiger partial charge in [0.15, 0.2) is 0 Å². The number of rotatable bonds is 10. The first-order valence-corrected chi connectivity index (χ1v) is 11.5. The summed E-state index contributed by atoms with van der Waals surface area (Å²) >= 11 is 0. The van der Waals surface area contributed by atoms with E-state index in [-0.39, 0.29) is 12.6 Å². The number of nitrogens with zero attached hydrogens (tertiary/aromatic N) is 1. The molecule has 3 N–H and O–H groups in total. The van der Waals surface area contributed by atoms with Crippen molar-refractivity contribution in [2.45, 2.75) is 75.5 Å². The average Bonchev–Trinajstić information content (AvgIpc) is 2.76. The van der Waals surface area contributed by atoms with E-state index in [1.807, 2.05) is 0 Å². The number of hydrogen-bond acceptors (Lipinski definition) is 5. The predicted octanol–water partition coefficient (Wildman–Crippen LogP) is 2.94. The Morgan fingerprint density at radius 3 is 2.41 bits per heavy atom. The zero-order chi connectivity index (χ0) is 20.5. The van der Waals surface area contributed by atoms with E-state index in [1.54, 1.807) is 0 Å². The zero-order valence-electron chi connectivity index (χ0n) is 17.7. The summed E-state index contributed by atoms with van der Waals surface area (Å²) < 4.78 is 5.95. The lowest BCUT2D eigenvalue weighted by Crippen LogP contribution is -2.56. The highest BCUT2D eigenvalue weighted by Crippen LogP contribution is 2.35. The summed E-state index contributed by atoms with van der Waals surface area (Å²) in [6.07, 6.45) is 7.31. The first-order valence-electron chi connectivity index (χ1n) is 11.5. The zero-order valence-corrected chi connectivity index (χ0v) is 17.7. The van der Waals surface area contributed by atoms with Gasteiger partial charge in [0.05, 0.1) is 24.9 Å². The van der Waals surface area contributed by atoms with Gasteiger partial charge in [-0.15, -0.1) is 0 Å². The van der Waals surface area contributed by atoms with Crippen LogP contribution in [0.25, 0.3) is 0 Å². The van der Waals surface area contributed by atoms with Gasteiger partial charge in [-0.3, -0.25) is 4.90 Å². The molecule has 1 aliphatic carbocycles. The molecule has 1 saturated carbocycles. The van der Waals surface area contributed by atoms with E-state index in [0.717, 1.165) is 51.5 Å². The Morgan fingerprint density at radius 1 is 0.931 bits per heavy atom. The second kappa shape index (κ2) is 12.0. The van der Waals surface area contributed by atoms with Crippen molar-refractivity contribution < 1.29 is 20.1 Å². The second-order valence-corrected chi connectivity index (χ2v) is 8.90. The number of aliphatic hydroxyl groups excluding tert-OH is 3. The third kappa shape index (κ3) is 6.76. The number of likely N-dealkylation sites (tertiary alicyclic amines) is 1. The number of unbranched alkanes of at least 4 members (excludes halogenated alkanes) is 2. The van der Waals surface area contributed by atoms with Crippen LogP contribution >= 0.6 is 0 Å². The first kappa shape index (κ1) is 22.7.